The Hall–Kier alpha value is -2.09. The number of fused-ring (bicyclic) bond motifs is 1. The van der Waals surface area contributed by atoms with Gasteiger partial charge in [0.05, 0.1) is 0 Å². The minimum Gasteiger partial charge on any atom is -0.507 e. The number of aromatic hydroxyl groups is 1. The summed E-state index contributed by atoms with van der Waals surface area (Å²) in [7, 11) is -2.78. The molecule has 0 spiro atoms. The van der Waals surface area contributed by atoms with Crippen molar-refractivity contribution in [3.8, 4) is 16.9 Å². The number of phenols is 1. The lowest BCUT2D eigenvalue weighted by Crippen LogP contribution is -2.01. The zero-order chi connectivity index (χ0) is 14.1. The number of hydrogen-bond donors (Lipinski definition) is 2. The first-order valence-electron chi connectivity index (χ1n) is 6.22. The van der Waals surface area contributed by atoms with E-state index in [1.807, 2.05) is 36.4 Å². The number of benzene rings is 3. The smallest absolute Gasteiger partial charge is 0.218 e. The molecular formula is C16H13O3P. The molecule has 0 radical (unpaired) electrons. The van der Waals surface area contributed by atoms with Crippen LogP contribution in [0, 0.1) is 0 Å². The Labute approximate surface area is 117 Å². The highest BCUT2D eigenvalue weighted by molar-refractivity contribution is 7.47. The van der Waals surface area contributed by atoms with E-state index in [2.05, 4.69) is 0 Å². The minimum atomic E-state index is -2.78. The average molecular weight is 284 g/mol. The van der Waals surface area contributed by atoms with Crippen molar-refractivity contribution < 1.29 is 14.6 Å². The van der Waals surface area contributed by atoms with Crippen LogP contribution in [0.1, 0.15) is 0 Å². The molecule has 1 atom stereocenters. The summed E-state index contributed by atoms with van der Waals surface area (Å²) in [6.45, 7) is 0. The summed E-state index contributed by atoms with van der Waals surface area (Å²) in [6.07, 6.45) is 0. The second kappa shape index (κ2) is 5.12. The highest BCUT2D eigenvalue weighted by Crippen LogP contribution is 2.35. The standard InChI is InChI=1S/C16H13O3P/c17-15-10-9-12(11-5-1-2-6-13(11)15)14-7-3-4-8-16(14)20(18)19/h1-10,17,20H,(H,18,19). The van der Waals surface area contributed by atoms with Gasteiger partial charge in [0.15, 0.2) is 0 Å². The molecule has 0 saturated heterocycles. The van der Waals surface area contributed by atoms with Gasteiger partial charge in [0.1, 0.15) is 5.75 Å². The Bertz CT molecular complexity index is 812. The summed E-state index contributed by atoms with van der Waals surface area (Å²) in [5.74, 6) is 0.207. The Balaban J connectivity index is 2.37. The maximum absolute atomic E-state index is 11.5. The third kappa shape index (κ3) is 2.11. The second-order valence-corrected chi connectivity index (χ2v) is 5.68. The van der Waals surface area contributed by atoms with Gasteiger partial charge in [-0.1, -0.05) is 48.5 Å². The molecule has 4 heteroatoms. The van der Waals surface area contributed by atoms with Crippen molar-refractivity contribution in [2.45, 2.75) is 0 Å². The molecule has 0 fully saturated rings. The fraction of sp³-hybridized carbons (Fsp3) is 0. The zero-order valence-corrected chi connectivity index (χ0v) is 11.6. The molecule has 20 heavy (non-hydrogen) atoms. The van der Waals surface area contributed by atoms with Crippen LogP contribution in [-0.4, -0.2) is 10.00 Å². The van der Waals surface area contributed by atoms with Crippen molar-refractivity contribution in [2.24, 2.45) is 0 Å². The van der Waals surface area contributed by atoms with Gasteiger partial charge in [-0.15, -0.1) is 0 Å². The van der Waals surface area contributed by atoms with E-state index in [0.717, 1.165) is 21.9 Å². The molecule has 0 bridgehead atoms. The topological polar surface area (TPSA) is 57.5 Å². The first-order valence-corrected chi connectivity index (χ1v) is 7.57. The summed E-state index contributed by atoms with van der Waals surface area (Å²) >= 11 is 0. The van der Waals surface area contributed by atoms with E-state index in [9.17, 15) is 14.6 Å². The SMILES string of the molecule is O=[PH](O)c1ccccc1-c1ccc(O)c2ccccc12. The lowest BCUT2D eigenvalue weighted by atomic mass is 9.98. The fourth-order valence-electron chi connectivity index (χ4n) is 2.42. The number of rotatable bonds is 2. The van der Waals surface area contributed by atoms with Gasteiger partial charge in [0.25, 0.3) is 0 Å². The van der Waals surface area contributed by atoms with Crippen LogP contribution in [0.2, 0.25) is 0 Å². The molecule has 0 amide bonds. The van der Waals surface area contributed by atoms with E-state index in [1.54, 1.807) is 24.3 Å². The van der Waals surface area contributed by atoms with Gasteiger partial charge in [-0.2, -0.15) is 0 Å². The van der Waals surface area contributed by atoms with Crippen LogP contribution in [0.15, 0.2) is 60.7 Å². The van der Waals surface area contributed by atoms with Crippen molar-refractivity contribution in [1.29, 1.82) is 0 Å². The predicted octanol–water partition coefficient (Wildman–Crippen LogP) is 3.30. The maximum atomic E-state index is 11.5. The summed E-state index contributed by atoms with van der Waals surface area (Å²) in [5, 5.41) is 12.0. The molecule has 3 rings (SSSR count). The summed E-state index contributed by atoms with van der Waals surface area (Å²) in [5.41, 5.74) is 1.58. The van der Waals surface area contributed by atoms with Crippen LogP contribution >= 0.6 is 8.03 Å². The van der Waals surface area contributed by atoms with Crippen LogP contribution in [0.25, 0.3) is 21.9 Å². The van der Waals surface area contributed by atoms with E-state index in [4.69, 9.17) is 0 Å². The van der Waals surface area contributed by atoms with Crippen LogP contribution in [0.5, 0.6) is 5.75 Å². The lowest BCUT2D eigenvalue weighted by molar-refractivity contribution is 0.481. The summed E-state index contributed by atoms with van der Waals surface area (Å²) in [4.78, 5) is 9.49. The molecule has 0 aliphatic rings. The molecule has 100 valence electrons. The van der Waals surface area contributed by atoms with Gasteiger partial charge in [-0.3, -0.25) is 4.57 Å². The third-order valence-corrected chi connectivity index (χ3v) is 4.25. The Morgan fingerprint density at radius 3 is 2.15 bits per heavy atom. The van der Waals surface area contributed by atoms with Crippen LogP contribution in [-0.2, 0) is 4.57 Å². The Kier molecular flexibility index (Phi) is 3.31. The molecule has 1 unspecified atom stereocenters. The second-order valence-electron chi connectivity index (χ2n) is 4.53. The van der Waals surface area contributed by atoms with Crippen LogP contribution in [0.4, 0.5) is 0 Å². The van der Waals surface area contributed by atoms with E-state index >= 15 is 0 Å². The monoisotopic (exact) mass is 284 g/mol. The molecule has 0 heterocycles. The van der Waals surface area contributed by atoms with Gasteiger partial charge in [-0.25, -0.2) is 0 Å². The fourth-order valence-corrected chi connectivity index (χ4v) is 3.11. The molecule has 2 N–H and O–H groups in total. The van der Waals surface area contributed by atoms with Crippen molar-refractivity contribution >= 4 is 24.1 Å². The molecule has 0 saturated carbocycles. The average Bonchev–Trinajstić information content (AvgIpc) is 2.48. The minimum absolute atomic E-state index is 0.207. The van der Waals surface area contributed by atoms with E-state index in [1.165, 1.54) is 0 Å². The Morgan fingerprint density at radius 2 is 1.40 bits per heavy atom. The first kappa shape index (κ1) is 12.9. The van der Waals surface area contributed by atoms with Crippen molar-refractivity contribution in [3.63, 3.8) is 0 Å². The Morgan fingerprint density at radius 1 is 0.750 bits per heavy atom. The highest BCUT2D eigenvalue weighted by atomic mass is 31.1. The van der Waals surface area contributed by atoms with Gasteiger partial charge >= 0.3 is 0 Å². The van der Waals surface area contributed by atoms with Gasteiger partial charge in [-0.05, 0) is 28.6 Å². The van der Waals surface area contributed by atoms with Crippen molar-refractivity contribution in [1.82, 2.24) is 0 Å². The quantitative estimate of drug-likeness (QED) is 0.710. The third-order valence-electron chi connectivity index (χ3n) is 3.35. The molecule has 0 aliphatic carbocycles. The largest absolute Gasteiger partial charge is 0.507 e. The van der Waals surface area contributed by atoms with Crippen molar-refractivity contribution in [2.75, 3.05) is 0 Å². The number of hydrogen-bond acceptors (Lipinski definition) is 2. The van der Waals surface area contributed by atoms with E-state index < -0.39 is 8.03 Å². The molecule has 0 aromatic heterocycles. The van der Waals surface area contributed by atoms with E-state index in [-0.39, 0.29) is 5.75 Å². The number of phenolic OH excluding ortho intramolecular Hbond substituents is 1. The molecular weight excluding hydrogens is 271 g/mol. The molecule has 3 nitrogen and oxygen atoms in total. The highest BCUT2D eigenvalue weighted by Gasteiger charge is 2.12. The van der Waals surface area contributed by atoms with Crippen LogP contribution in [0.3, 0.4) is 0 Å². The normalized spacial score (nSPS) is 12.4. The van der Waals surface area contributed by atoms with Gasteiger partial charge < -0.3 is 10.00 Å². The predicted molar refractivity (Wildman–Crippen MR) is 81.9 cm³/mol. The summed E-state index contributed by atoms with van der Waals surface area (Å²) in [6, 6.07) is 17.9. The van der Waals surface area contributed by atoms with Crippen molar-refractivity contribution in [3.05, 3.63) is 60.7 Å². The summed E-state index contributed by atoms with van der Waals surface area (Å²) < 4.78 is 11.5. The molecule has 0 aliphatic heterocycles. The van der Waals surface area contributed by atoms with Gasteiger partial charge in [0.2, 0.25) is 8.03 Å². The maximum Gasteiger partial charge on any atom is 0.218 e. The van der Waals surface area contributed by atoms with Crippen LogP contribution < -0.4 is 5.30 Å². The lowest BCUT2D eigenvalue weighted by Gasteiger charge is -2.11. The molecule has 3 aromatic rings. The molecule has 3 aromatic carbocycles. The zero-order valence-electron chi connectivity index (χ0n) is 10.6. The van der Waals surface area contributed by atoms with E-state index in [0.29, 0.717) is 5.30 Å². The first-order chi connectivity index (χ1) is 9.68. The van der Waals surface area contributed by atoms with Gasteiger partial charge in [0, 0.05) is 10.7 Å².